The van der Waals surface area contributed by atoms with Crippen LogP contribution in [0.2, 0.25) is 0 Å². The van der Waals surface area contributed by atoms with Gasteiger partial charge in [-0.15, -0.1) is 6.58 Å². The maximum Gasteiger partial charge on any atom is 0.152 e. The Morgan fingerprint density at radius 3 is 2.50 bits per heavy atom. The van der Waals surface area contributed by atoms with Crippen molar-refractivity contribution in [2.24, 2.45) is 0 Å². The van der Waals surface area contributed by atoms with Gasteiger partial charge in [-0.25, -0.2) is 8.42 Å². The molecule has 0 bridgehead atoms. The summed E-state index contributed by atoms with van der Waals surface area (Å²) in [6, 6.07) is 8.40. The average Bonchev–Trinajstić information content (AvgIpc) is 2.67. The Morgan fingerprint density at radius 1 is 1.35 bits per heavy atom. The van der Waals surface area contributed by atoms with Crippen molar-refractivity contribution < 1.29 is 8.42 Å². The molecule has 0 amide bonds. The molecule has 1 aliphatic heterocycles. The van der Waals surface area contributed by atoms with Gasteiger partial charge in [0.15, 0.2) is 9.84 Å². The quantitative estimate of drug-likeness (QED) is 0.783. The summed E-state index contributed by atoms with van der Waals surface area (Å²) in [4.78, 5) is 2.23. The largest absolute Gasteiger partial charge is 0.289 e. The Morgan fingerprint density at radius 2 is 2.00 bits per heavy atom. The normalized spacial score (nSPS) is 24.9. The van der Waals surface area contributed by atoms with E-state index >= 15 is 0 Å². The van der Waals surface area contributed by atoms with Crippen molar-refractivity contribution in [2.45, 2.75) is 32.4 Å². The minimum Gasteiger partial charge on any atom is -0.289 e. The molecule has 20 heavy (non-hydrogen) atoms. The monoisotopic (exact) mass is 293 g/mol. The van der Waals surface area contributed by atoms with E-state index in [1.807, 2.05) is 6.08 Å². The smallest absolute Gasteiger partial charge is 0.152 e. The van der Waals surface area contributed by atoms with Crippen molar-refractivity contribution in [3.63, 3.8) is 0 Å². The highest BCUT2D eigenvalue weighted by molar-refractivity contribution is 7.91. The van der Waals surface area contributed by atoms with Crippen molar-refractivity contribution in [3.8, 4) is 0 Å². The van der Waals surface area contributed by atoms with Crippen molar-refractivity contribution >= 4 is 9.84 Å². The fourth-order valence-electron chi connectivity index (χ4n) is 2.79. The first kappa shape index (κ1) is 15.3. The summed E-state index contributed by atoms with van der Waals surface area (Å²) >= 11 is 0. The summed E-state index contributed by atoms with van der Waals surface area (Å²) in [6.45, 7) is 9.39. The molecule has 0 radical (unpaired) electrons. The molecule has 0 aromatic heterocycles. The maximum atomic E-state index is 11.8. The van der Waals surface area contributed by atoms with Gasteiger partial charge in [0.25, 0.3) is 0 Å². The van der Waals surface area contributed by atoms with Gasteiger partial charge >= 0.3 is 0 Å². The van der Waals surface area contributed by atoms with Crippen LogP contribution in [-0.4, -0.2) is 36.9 Å². The van der Waals surface area contributed by atoms with Crippen LogP contribution in [0.5, 0.6) is 0 Å². The number of sulfone groups is 1. The maximum absolute atomic E-state index is 11.8. The molecule has 1 heterocycles. The van der Waals surface area contributed by atoms with Crippen LogP contribution in [0.4, 0.5) is 0 Å². The van der Waals surface area contributed by atoms with Crippen LogP contribution in [0.25, 0.3) is 0 Å². The minimum absolute atomic E-state index is 0.250. The molecule has 0 unspecified atom stereocenters. The molecular formula is C16H23NO2S. The zero-order valence-electron chi connectivity index (χ0n) is 12.3. The first-order valence-electron chi connectivity index (χ1n) is 6.97. The van der Waals surface area contributed by atoms with Gasteiger partial charge in [-0.1, -0.05) is 35.9 Å². The van der Waals surface area contributed by atoms with E-state index in [4.69, 9.17) is 0 Å². The van der Waals surface area contributed by atoms with Crippen LogP contribution in [0.15, 0.2) is 36.9 Å². The molecule has 0 N–H and O–H groups in total. The summed E-state index contributed by atoms with van der Waals surface area (Å²) in [5, 5.41) is 0. The zero-order valence-corrected chi connectivity index (χ0v) is 13.1. The zero-order chi connectivity index (χ0) is 14.8. The summed E-state index contributed by atoms with van der Waals surface area (Å²) in [5.74, 6) is 0.546. The SMILES string of the molecule is C=CCN(Cc1ccc(C)cc1)[C@]1(C)CCS(=O)(=O)C1. The van der Waals surface area contributed by atoms with E-state index < -0.39 is 9.84 Å². The molecule has 3 nitrogen and oxygen atoms in total. The van der Waals surface area contributed by atoms with Gasteiger partial charge in [0, 0.05) is 18.6 Å². The number of hydrogen-bond donors (Lipinski definition) is 0. The molecule has 2 rings (SSSR count). The third kappa shape index (κ3) is 3.49. The fraction of sp³-hybridized carbons (Fsp3) is 0.500. The molecule has 1 aliphatic rings. The Hall–Kier alpha value is -1.13. The lowest BCUT2D eigenvalue weighted by Gasteiger charge is -2.37. The molecule has 0 saturated carbocycles. The number of nitrogens with zero attached hydrogens (tertiary/aromatic N) is 1. The van der Waals surface area contributed by atoms with Gasteiger partial charge < -0.3 is 0 Å². The van der Waals surface area contributed by atoms with Crippen LogP contribution in [0, 0.1) is 6.92 Å². The highest BCUT2D eigenvalue weighted by atomic mass is 32.2. The lowest BCUT2D eigenvalue weighted by atomic mass is 9.98. The van der Waals surface area contributed by atoms with Crippen molar-refractivity contribution in [1.29, 1.82) is 0 Å². The standard InChI is InChI=1S/C16H23NO2S/c1-4-10-17(12-15-7-5-14(2)6-8-15)16(3)9-11-20(18,19)13-16/h4-8H,1,9-13H2,2-3H3/t16-/m1/s1. The molecule has 0 spiro atoms. The summed E-state index contributed by atoms with van der Waals surface area (Å²) in [5.41, 5.74) is 2.17. The van der Waals surface area contributed by atoms with Gasteiger partial charge in [-0.05, 0) is 25.8 Å². The first-order chi connectivity index (χ1) is 9.35. The molecule has 4 heteroatoms. The second kappa shape index (κ2) is 5.70. The van der Waals surface area contributed by atoms with E-state index in [9.17, 15) is 8.42 Å². The molecule has 1 fully saturated rings. The number of hydrogen-bond acceptors (Lipinski definition) is 3. The van der Waals surface area contributed by atoms with Crippen LogP contribution in [-0.2, 0) is 16.4 Å². The van der Waals surface area contributed by atoms with Gasteiger partial charge in [-0.2, -0.15) is 0 Å². The lowest BCUT2D eigenvalue weighted by Crippen LogP contribution is -2.47. The van der Waals surface area contributed by atoms with Crippen molar-refractivity contribution in [3.05, 3.63) is 48.0 Å². The lowest BCUT2D eigenvalue weighted by molar-refractivity contribution is 0.133. The second-order valence-corrected chi connectivity index (χ2v) is 8.18. The van der Waals surface area contributed by atoms with Crippen LogP contribution >= 0.6 is 0 Å². The van der Waals surface area contributed by atoms with Crippen molar-refractivity contribution in [1.82, 2.24) is 4.90 Å². The molecule has 0 aliphatic carbocycles. The highest BCUT2D eigenvalue weighted by Crippen LogP contribution is 2.30. The third-order valence-electron chi connectivity index (χ3n) is 4.09. The van der Waals surface area contributed by atoms with Crippen LogP contribution in [0.1, 0.15) is 24.5 Å². The molecule has 110 valence electrons. The van der Waals surface area contributed by atoms with Crippen LogP contribution in [0.3, 0.4) is 0 Å². The number of benzene rings is 1. The number of rotatable bonds is 5. The van der Waals surface area contributed by atoms with Crippen molar-refractivity contribution in [2.75, 3.05) is 18.1 Å². The highest BCUT2D eigenvalue weighted by Gasteiger charge is 2.42. The second-order valence-electron chi connectivity index (χ2n) is 5.99. The Labute approximate surface area is 122 Å². The fourth-order valence-corrected chi connectivity index (χ4v) is 4.96. The molecule has 1 atom stereocenters. The summed E-state index contributed by atoms with van der Waals surface area (Å²) in [6.07, 6.45) is 2.55. The predicted molar refractivity (Wildman–Crippen MR) is 83.5 cm³/mol. The van der Waals surface area contributed by atoms with Gasteiger partial charge in [0.2, 0.25) is 0 Å². The first-order valence-corrected chi connectivity index (χ1v) is 8.79. The number of aryl methyl sites for hydroxylation is 1. The van der Waals surface area contributed by atoms with E-state index in [-0.39, 0.29) is 11.3 Å². The van der Waals surface area contributed by atoms with Gasteiger partial charge in [-0.3, -0.25) is 4.90 Å². The van der Waals surface area contributed by atoms with E-state index in [0.717, 1.165) is 6.54 Å². The van der Waals surface area contributed by atoms with E-state index in [0.29, 0.717) is 18.7 Å². The third-order valence-corrected chi connectivity index (χ3v) is 5.98. The predicted octanol–water partition coefficient (Wildman–Crippen LogP) is 2.56. The molecule has 1 saturated heterocycles. The van der Waals surface area contributed by atoms with E-state index in [1.54, 1.807) is 0 Å². The Bertz CT molecular complexity index is 577. The summed E-state index contributed by atoms with van der Waals surface area (Å²) < 4.78 is 23.6. The molecule has 1 aromatic carbocycles. The molecular weight excluding hydrogens is 270 g/mol. The molecule has 1 aromatic rings. The van der Waals surface area contributed by atoms with E-state index in [1.165, 1.54) is 11.1 Å². The van der Waals surface area contributed by atoms with E-state index in [2.05, 4.69) is 49.6 Å². The Balaban J connectivity index is 2.19. The minimum atomic E-state index is -2.89. The summed E-state index contributed by atoms with van der Waals surface area (Å²) in [7, 11) is -2.89. The Kier molecular flexibility index (Phi) is 4.35. The topological polar surface area (TPSA) is 37.4 Å². The van der Waals surface area contributed by atoms with Gasteiger partial charge in [0.05, 0.1) is 11.5 Å². The van der Waals surface area contributed by atoms with Crippen LogP contribution < -0.4 is 0 Å². The van der Waals surface area contributed by atoms with Gasteiger partial charge in [0.1, 0.15) is 0 Å². The average molecular weight is 293 g/mol.